The van der Waals surface area contributed by atoms with Gasteiger partial charge in [-0.25, -0.2) is 9.97 Å². The zero-order valence-corrected chi connectivity index (χ0v) is 13.1. The molecular weight excluding hydrogens is 393 g/mol. The second kappa shape index (κ2) is 5.26. The van der Waals surface area contributed by atoms with E-state index in [9.17, 15) is 0 Å². The van der Waals surface area contributed by atoms with Gasteiger partial charge < -0.3 is 0 Å². The summed E-state index contributed by atoms with van der Waals surface area (Å²) in [5.41, 5.74) is 1.79. The molecule has 2 rings (SSSR count). The van der Waals surface area contributed by atoms with Gasteiger partial charge in [0.2, 0.25) is 0 Å². The molecule has 1 aromatic heterocycles. The maximum Gasteiger partial charge on any atom is 0.162 e. The first-order chi connectivity index (χ1) is 7.99. The van der Waals surface area contributed by atoms with Gasteiger partial charge in [-0.1, -0.05) is 46.9 Å². The van der Waals surface area contributed by atoms with Gasteiger partial charge in [0.25, 0.3) is 0 Å². The molecule has 0 radical (unpaired) electrons. The van der Waals surface area contributed by atoms with Crippen molar-refractivity contribution < 1.29 is 0 Å². The van der Waals surface area contributed by atoms with E-state index in [-0.39, 0.29) is 0 Å². The zero-order valence-electron chi connectivity index (χ0n) is 8.64. The molecule has 6 heteroatoms. The Labute approximate surface area is 127 Å². The van der Waals surface area contributed by atoms with Crippen molar-refractivity contribution in [1.82, 2.24) is 9.97 Å². The summed E-state index contributed by atoms with van der Waals surface area (Å²) in [6.07, 6.45) is 0. The summed E-state index contributed by atoms with van der Waals surface area (Å²) >= 11 is 20.0. The third-order valence-corrected chi connectivity index (χ3v) is 4.81. The highest BCUT2D eigenvalue weighted by Crippen LogP contribution is 2.28. The highest BCUT2D eigenvalue weighted by molar-refractivity contribution is 14.1. The Morgan fingerprint density at radius 3 is 2.18 bits per heavy atom. The van der Waals surface area contributed by atoms with Gasteiger partial charge in [-0.05, 0) is 41.1 Å². The van der Waals surface area contributed by atoms with Crippen LogP contribution in [0, 0.1) is 10.5 Å². The van der Waals surface area contributed by atoms with Gasteiger partial charge in [-0.3, -0.25) is 0 Å². The molecule has 0 saturated heterocycles. The molecular formula is C11H6Cl3IN2. The molecule has 2 nitrogen and oxygen atoms in total. The van der Waals surface area contributed by atoms with E-state index in [1.807, 2.05) is 41.6 Å². The van der Waals surface area contributed by atoms with Crippen molar-refractivity contribution in [1.29, 1.82) is 0 Å². The predicted molar refractivity (Wildman–Crippen MR) is 80.0 cm³/mol. The fourth-order valence-corrected chi connectivity index (χ4v) is 2.06. The van der Waals surface area contributed by atoms with Crippen LogP contribution < -0.4 is 0 Å². The Hall–Kier alpha value is -0.100. The zero-order chi connectivity index (χ0) is 12.6. The molecule has 0 unspecified atom stereocenters. The lowest BCUT2D eigenvalue weighted by molar-refractivity contribution is 1.16. The first-order valence-corrected chi connectivity index (χ1v) is 6.85. The largest absolute Gasteiger partial charge is 0.215 e. The van der Waals surface area contributed by atoms with Gasteiger partial charge in [0.05, 0.1) is 3.57 Å². The monoisotopic (exact) mass is 398 g/mol. The van der Waals surface area contributed by atoms with Crippen molar-refractivity contribution in [2.45, 2.75) is 6.92 Å². The molecule has 0 aliphatic heterocycles. The molecule has 0 saturated carbocycles. The van der Waals surface area contributed by atoms with Gasteiger partial charge in [-0.15, -0.1) is 0 Å². The van der Waals surface area contributed by atoms with E-state index in [2.05, 4.69) is 9.97 Å². The van der Waals surface area contributed by atoms with E-state index in [1.165, 1.54) is 0 Å². The van der Waals surface area contributed by atoms with Gasteiger partial charge in [-0.2, -0.15) is 0 Å². The average Bonchev–Trinajstić information content (AvgIpc) is 2.29. The maximum atomic E-state index is 6.05. The van der Waals surface area contributed by atoms with E-state index in [0.29, 0.717) is 24.7 Å². The number of aryl methyl sites for hydroxylation is 1. The molecule has 17 heavy (non-hydrogen) atoms. The standard InChI is InChI=1S/C11H6Cl3IN2/c1-5-2-3-6(4-7(5)12)11-16-9(13)8(15)10(14)17-11/h2-4H,1H3. The molecule has 0 fully saturated rings. The Balaban J connectivity index is 2.57. The first-order valence-electron chi connectivity index (χ1n) is 4.64. The fraction of sp³-hybridized carbons (Fsp3) is 0.0909. The second-order valence-corrected chi connectivity index (χ2v) is 5.61. The van der Waals surface area contributed by atoms with Crippen LogP contribution in [0.4, 0.5) is 0 Å². The Morgan fingerprint density at radius 1 is 1.06 bits per heavy atom. The minimum absolute atomic E-state index is 0.345. The first kappa shape index (κ1) is 13.3. The predicted octanol–water partition coefficient (Wildman–Crippen LogP) is 5.02. The van der Waals surface area contributed by atoms with Crippen molar-refractivity contribution in [3.8, 4) is 11.4 Å². The highest BCUT2D eigenvalue weighted by atomic mass is 127. The number of nitrogens with zero attached hydrogens (tertiary/aromatic N) is 2. The molecule has 0 amide bonds. The summed E-state index contributed by atoms with van der Waals surface area (Å²) in [6, 6.07) is 5.59. The summed E-state index contributed by atoms with van der Waals surface area (Å²) in [5.74, 6) is 0.474. The number of hydrogen-bond donors (Lipinski definition) is 0. The molecule has 0 N–H and O–H groups in total. The minimum atomic E-state index is 0.345. The van der Waals surface area contributed by atoms with Gasteiger partial charge in [0.15, 0.2) is 5.82 Å². The van der Waals surface area contributed by atoms with E-state index in [0.717, 1.165) is 11.1 Å². The van der Waals surface area contributed by atoms with Crippen molar-refractivity contribution in [2.24, 2.45) is 0 Å². The van der Waals surface area contributed by atoms with Crippen LogP contribution in [-0.4, -0.2) is 9.97 Å². The second-order valence-electron chi connectivity index (χ2n) is 3.41. The molecule has 88 valence electrons. The van der Waals surface area contributed by atoms with Crippen LogP contribution in [0.15, 0.2) is 18.2 Å². The van der Waals surface area contributed by atoms with Gasteiger partial charge >= 0.3 is 0 Å². The van der Waals surface area contributed by atoms with Crippen molar-refractivity contribution in [3.63, 3.8) is 0 Å². The molecule has 0 bridgehead atoms. The molecule has 1 aromatic carbocycles. The Kier molecular flexibility index (Phi) is 4.13. The normalized spacial score (nSPS) is 10.6. The highest BCUT2D eigenvalue weighted by Gasteiger charge is 2.11. The van der Waals surface area contributed by atoms with Crippen LogP contribution in [0.2, 0.25) is 15.3 Å². The van der Waals surface area contributed by atoms with Crippen molar-refractivity contribution >= 4 is 57.4 Å². The minimum Gasteiger partial charge on any atom is -0.215 e. The molecule has 0 atom stereocenters. The smallest absolute Gasteiger partial charge is 0.162 e. The summed E-state index contributed by atoms with van der Waals surface area (Å²) in [7, 11) is 0. The fourth-order valence-electron chi connectivity index (χ4n) is 1.26. The summed E-state index contributed by atoms with van der Waals surface area (Å²) in [5, 5.41) is 1.35. The number of aromatic nitrogens is 2. The molecule has 0 aliphatic rings. The Bertz CT molecular complexity index is 564. The quantitative estimate of drug-likeness (QED) is 0.497. The van der Waals surface area contributed by atoms with Crippen LogP contribution in [-0.2, 0) is 0 Å². The van der Waals surface area contributed by atoms with Gasteiger partial charge in [0.1, 0.15) is 10.3 Å². The average molecular weight is 399 g/mol. The molecule has 0 aliphatic carbocycles. The van der Waals surface area contributed by atoms with E-state index >= 15 is 0 Å². The molecule has 0 spiro atoms. The van der Waals surface area contributed by atoms with Gasteiger partial charge in [0, 0.05) is 10.6 Å². The van der Waals surface area contributed by atoms with Crippen LogP contribution >= 0.6 is 57.4 Å². The lowest BCUT2D eigenvalue weighted by atomic mass is 10.1. The van der Waals surface area contributed by atoms with Crippen LogP contribution in [0.25, 0.3) is 11.4 Å². The molecule has 2 aromatic rings. The van der Waals surface area contributed by atoms with E-state index in [1.54, 1.807) is 6.07 Å². The number of benzene rings is 1. The Morgan fingerprint density at radius 2 is 1.65 bits per heavy atom. The number of hydrogen-bond acceptors (Lipinski definition) is 2. The van der Waals surface area contributed by atoms with Crippen LogP contribution in [0.3, 0.4) is 0 Å². The van der Waals surface area contributed by atoms with Crippen molar-refractivity contribution in [2.75, 3.05) is 0 Å². The summed E-state index contributed by atoms with van der Waals surface area (Å²) < 4.78 is 0.646. The number of rotatable bonds is 1. The third kappa shape index (κ3) is 2.84. The lowest BCUT2D eigenvalue weighted by Gasteiger charge is -2.05. The summed E-state index contributed by atoms with van der Waals surface area (Å²) in [4.78, 5) is 8.36. The van der Waals surface area contributed by atoms with Crippen LogP contribution in [0.5, 0.6) is 0 Å². The summed E-state index contributed by atoms with van der Waals surface area (Å²) in [6.45, 7) is 1.93. The maximum absolute atomic E-state index is 6.05. The number of halogens is 4. The van der Waals surface area contributed by atoms with Crippen molar-refractivity contribution in [3.05, 3.63) is 42.7 Å². The molecule has 1 heterocycles. The third-order valence-electron chi connectivity index (χ3n) is 2.20. The topological polar surface area (TPSA) is 25.8 Å². The van der Waals surface area contributed by atoms with E-state index < -0.39 is 0 Å². The van der Waals surface area contributed by atoms with E-state index in [4.69, 9.17) is 34.8 Å². The SMILES string of the molecule is Cc1ccc(-c2nc(Cl)c(I)c(Cl)n2)cc1Cl. The van der Waals surface area contributed by atoms with Crippen LogP contribution in [0.1, 0.15) is 5.56 Å². The lowest BCUT2D eigenvalue weighted by Crippen LogP contribution is -1.94.